The van der Waals surface area contributed by atoms with Gasteiger partial charge in [0.05, 0.1) is 20.3 Å². The highest BCUT2D eigenvalue weighted by molar-refractivity contribution is 7.89. The van der Waals surface area contributed by atoms with Gasteiger partial charge in [-0.3, -0.25) is 0 Å². The van der Waals surface area contributed by atoms with Crippen molar-refractivity contribution >= 4 is 10.0 Å². The Morgan fingerprint density at radius 2 is 1.76 bits per heavy atom. The number of aryl methyl sites for hydroxylation is 1. The normalized spacial score (nSPS) is 18.3. The van der Waals surface area contributed by atoms with Crippen LogP contribution in [-0.4, -0.2) is 33.5 Å². The molecule has 6 heteroatoms. The summed E-state index contributed by atoms with van der Waals surface area (Å²) in [5, 5.41) is 0. The largest absolute Gasteiger partial charge is 0.497 e. The van der Waals surface area contributed by atoms with Crippen LogP contribution in [0.2, 0.25) is 0 Å². The van der Waals surface area contributed by atoms with Gasteiger partial charge in [0.1, 0.15) is 16.4 Å². The molecule has 0 aliphatic carbocycles. The SMILES string of the molecule is COc1ccc(OC)c(S(=O)(=O)N2CCCC2c2ccc(C)cc2)c1. The Bertz CT molecular complexity index is 846. The molecule has 0 N–H and O–H groups in total. The molecule has 0 bridgehead atoms. The maximum atomic E-state index is 13.3. The van der Waals surface area contributed by atoms with Crippen molar-refractivity contribution in [2.45, 2.75) is 30.7 Å². The van der Waals surface area contributed by atoms with Crippen LogP contribution in [0.4, 0.5) is 0 Å². The van der Waals surface area contributed by atoms with Gasteiger partial charge in [-0.1, -0.05) is 29.8 Å². The van der Waals surface area contributed by atoms with Crippen molar-refractivity contribution in [3.8, 4) is 11.5 Å². The molecule has 1 aliphatic heterocycles. The number of hydrogen-bond acceptors (Lipinski definition) is 4. The van der Waals surface area contributed by atoms with E-state index in [-0.39, 0.29) is 10.9 Å². The molecule has 0 aromatic heterocycles. The van der Waals surface area contributed by atoms with Gasteiger partial charge in [0.25, 0.3) is 0 Å². The molecule has 1 unspecified atom stereocenters. The molecule has 1 saturated heterocycles. The third-order valence-electron chi connectivity index (χ3n) is 4.62. The Labute approximate surface area is 149 Å². The monoisotopic (exact) mass is 361 g/mol. The highest BCUT2D eigenvalue weighted by atomic mass is 32.2. The summed E-state index contributed by atoms with van der Waals surface area (Å²) >= 11 is 0. The quantitative estimate of drug-likeness (QED) is 0.817. The second-order valence-corrected chi connectivity index (χ2v) is 8.06. The van der Waals surface area contributed by atoms with Crippen LogP contribution in [0, 0.1) is 6.92 Å². The van der Waals surface area contributed by atoms with Crippen LogP contribution < -0.4 is 9.47 Å². The first-order valence-electron chi connectivity index (χ1n) is 8.28. The summed E-state index contributed by atoms with van der Waals surface area (Å²) in [6, 6.07) is 12.8. The average Bonchev–Trinajstić information content (AvgIpc) is 3.12. The molecule has 0 radical (unpaired) electrons. The van der Waals surface area contributed by atoms with Gasteiger partial charge in [0.2, 0.25) is 10.0 Å². The molecule has 1 fully saturated rings. The Hall–Kier alpha value is -2.05. The van der Waals surface area contributed by atoms with E-state index in [4.69, 9.17) is 9.47 Å². The van der Waals surface area contributed by atoms with E-state index < -0.39 is 10.0 Å². The number of rotatable bonds is 5. The smallest absolute Gasteiger partial charge is 0.247 e. The summed E-state index contributed by atoms with van der Waals surface area (Å²) < 4.78 is 38.7. The fourth-order valence-electron chi connectivity index (χ4n) is 3.26. The number of ether oxygens (including phenoxy) is 2. The fraction of sp³-hybridized carbons (Fsp3) is 0.368. The number of benzene rings is 2. The summed E-state index contributed by atoms with van der Waals surface area (Å²) in [6.45, 7) is 2.52. The van der Waals surface area contributed by atoms with Crippen molar-refractivity contribution in [2.24, 2.45) is 0 Å². The average molecular weight is 361 g/mol. The minimum absolute atomic E-state index is 0.147. The van der Waals surface area contributed by atoms with Crippen molar-refractivity contribution in [1.29, 1.82) is 0 Å². The molecule has 1 atom stereocenters. The van der Waals surface area contributed by atoms with Crippen LogP contribution in [0.5, 0.6) is 11.5 Å². The molecule has 0 amide bonds. The van der Waals surface area contributed by atoms with Gasteiger partial charge in [-0.05, 0) is 37.5 Å². The van der Waals surface area contributed by atoms with Gasteiger partial charge < -0.3 is 9.47 Å². The van der Waals surface area contributed by atoms with Crippen molar-refractivity contribution in [2.75, 3.05) is 20.8 Å². The van der Waals surface area contributed by atoms with Crippen LogP contribution in [-0.2, 0) is 10.0 Å². The lowest BCUT2D eigenvalue weighted by molar-refractivity contribution is 0.376. The van der Waals surface area contributed by atoms with E-state index in [9.17, 15) is 8.42 Å². The third-order valence-corrected chi connectivity index (χ3v) is 6.55. The maximum absolute atomic E-state index is 13.3. The summed E-state index contributed by atoms with van der Waals surface area (Å²) in [5.74, 6) is 0.820. The van der Waals surface area contributed by atoms with E-state index in [0.717, 1.165) is 24.0 Å². The van der Waals surface area contributed by atoms with Gasteiger partial charge in [0.15, 0.2) is 0 Å². The number of nitrogens with zero attached hydrogens (tertiary/aromatic N) is 1. The lowest BCUT2D eigenvalue weighted by atomic mass is 10.0. The topological polar surface area (TPSA) is 55.8 Å². The Kier molecular flexibility index (Phi) is 5.01. The van der Waals surface area contributed by atoms with E-state index in [1.54, 1.807) is 16.4 Å². The molecule has 2 aromatic rings. The standard InChI is InChI=1S/C19H23NO4S/c1-14-6-8-15(9-7-14)17-5-4-12-20(17)25(21,22)19-13-16(23-2)10-11-18(19)24-3/h6-11,13,17H,4-5,12H2,1-3H3. The van der Waals surface area contributed by atoms with E-state index in [0.29, 0.717) is 18.0 Å². The molecule has 3 rings (SSSR count). The molecule has 1 aliphatic rings. The van der Waals surface area contributed by atoms with Crippen LogP contribution in [0.15, 0.2) is 47.4 Å². The zero-order valence-corrected chi connectivity index (χ0v) is 15.5. The molecule has 0 spiro atoms. The highest BCUT2D eigenvalue weighted by Gasteiger charge is 2.37. The van der Waals surface area contributed by atoms with Crippen molar-refractivity contribution in [3.05, 3.63) is 53.6 Å². The van der Waals surface area contributed by atoms with Crippen LogP contribution in [0.25, 0.3) is 0 Å². The molecule has 134 valence electrons. The number of sulfonamides is 1. The maximum Gasteiger partial charge on any atom is 0.247 e. The molecule has 1 heterocycles. The Morgan fingerprint density at radius 1 is 1.04 bits per heavy atom. The van der Waals surface area contributed by atoms with Gasteiger partial charge in [-0.15, -0.1) is 0 Å². The van der Waals surface area contributed by atoms with Crippen LogP contribution in [0.3, 0.4) is 0 Å². The first kappa shape index (κ1) is 17.8. The van der Waals surface area contributed by atoms with Gasteiger partial charge in [0, 0.05) is 12.6 Å². The Morgan fingerprint density at radius 3 is 2.40 bits per heavy atom. The third kappa shape index (κ3) is 3.37. The minimum atomic E-state index is -3.69. The van der Waals surface area contributed by atoms with Crippen molar-refractivity contribution < 1.29 is 17.9 Å². The van der Waals surface area contributed by atoms with E-state index in [2.05, 4.69) is 0 Å². The molecular weight excluding hydrogens is 338 g/mol. The molecule has 25 heavy (non-hydrogen) atoms. The van der Waals surface area contributed by atoms with Gasteiger partial charge in [-0.2, -0.15) is 4.31 Å². The molecule has 0 saturated carbocycles. The lowest BCUT2D eigenvalue weighted by Gasteiger charge is -2.25. The number of methoxy groups -OCH3 is 2. The molecule has 5 nitrogen and oxygen atoms in total. The van der Waals surface area contributed by atoms with Crippen molar-refractivity contribution in [3.63, 3.8) is 0 Å². The van der Waals surface area contributed by atoms with Gasteiger partial charge >= 0.3 is 0 Å². The van der Waals surface area contributed by atoms with Crippen molar-refractivity contribution in [1.82, 2.24) is 4.31 Å². The second-order valence-electron chi connectivity index (χ2n) is 6.20. The minimum Gasteiger partial charge on any atom is -0.497 e. The van der Waals surface area contributed by atoms with E-state index in [1.807, 2.05) is 31.2 Å². The predicted octanol–water partition coefficient (Wildman–Crippen LogP) is 3.54. The second kappa shape index (κ2) is 7.06. The zero-order valence-electron chi connectivity index (χ0n) is 14.7. The molecular formula is C19H23NO4S. The van der Waals surface area contributed by atoms with Gasteiger partial charge in [-0.25, -0.2) is 8.42 Å². The molecule has 2 aromatic carbocycles. The summed E-state index contributed by atoms with van der Waals surface area (Å²) in [5.41, 5.74) is 2.18. The summed E-state index contributed by atoms with van der Waals surface area (Å²) in [4.78, 5) is 0.147. The summed E-state index contributed by atoms with van der Waals surface area (Å²) in [6.07, 6.45) is 1.65. The lowest BCUT2D eigenvalue weighted by Crippen LogP contribution is -2.31. The number of hydrogen-bond donors (Lipinski definition) is 0. The van der Waals surface area contributed by atoms with E-state index >= 15 is 0 Å². The zero-order chi connectivity index (χ0) is 18.0. The van der Waals surface area contributed by atoms with Crippen LogP contribution >= 0.6 is 0 Å². The first-order chi connectivity index (χ1) is 12.0. The highest BCUT2D eigenvalue weighted by Crippen LogP contribution is 2.39. The van der Waals surface area contributed by atoms with Crippen LogP contribution in [0.1, 0.15) is 30.0 Å². The fourth-order valence-corrected chi connectivity index (χ4v) is 5.12. The van der Waals surface area contributed by atoms with E-state index in [1.165, 1.54) is 20.3 Å². The Balaban J connectivity index is 2.03. The predicted molar refractivity (Wildman–Crippen MR) is 96.6 cm³/mol. The summed E-state index contributed by atoms with van der Waals surface area (Å²) in [7, 11) is -0.702. The first-order valence-corrected chi connectivity index (χ1v) is 9.72.